The molecule has 0 bridgehead atoms. The first-order valence-corrected chi connectivity index (χ1v) is 8.90. The first-order chi connectivity index (χ1) is 12.5. The van der Waals surface area contributed by atoms with Crippen molar-refractivity contribution in [3.63, 3.8) is 0 Å². The SMILES string of the molecule is CCNC(=NCc1ccc(C)c(OC)c1)NCC(C)(O)c1ccccc1.I. The molecule has 2 rings (SSSR count). The van der Waals surface area contributed by atoms with E-state index < -0.39 is 5.60 Å². The second-order valence-corrected chi connectivity index (χ2v) is 6.49. The highest BCUT2D eigenvalue weighted by Gasteiger charge is 2.22. The Morgan fingerprint density at radius 2 is 1.85 bits per heavy atom. The molecule has 0 aliphatic rings. The summed E-state index contributed by atoms with van der Waals surface area (Å²) in [4.78, 5) is 4.61. The lowest BCUT2D eigenvalue weighted by Gasteiger charge is -2.25. The average molecular weight is 483 g/mol. The van der Waals surface area contributed by atoms with E-state index in [2.05, 4.69) is 15.6 Å². The van der Waals surface area contributed by atoms with E-state index in [1.54, 1.807) is 14.0 Å². The highest BCUT2D eigenvalue weighted by Crippen LogP contribution is 2.20. The Labute approximate surface area is 179 Å². The molecule has 27 heavy (non-hydrogen) atoms. The third-order valence-corrected chi connectivity index (χ3v) is 4.23. The van der Waals surface area contributed by atoms with Gasteiger partial charge in [0.1, 0.15) is 11.4 Å². The van der Waals surface area contributed by atoms with E-state index in [4.69, 9.17) is 4.74 Å². The van der Waals surface area contributed by atoms with Crippen LogP contribution in [-0.2, 0) is 12.1 Å². The summed E-state index contributed by atoms with van der Waals surface area (Å²) in [6, 6.07) is 15.7. The van der Waals surface area contributed by atoms with Gasteiger partial charge in [0.05, 0.1) is 20.2 Å². The molecule has 0 amide bonds. The third kappa shape index (κ3) is 7.03. The molecule has 0 aromatic heterocycles. The predicted molar refractivity (Wildman–Crippen MR) is 122 cm³/mol. The van der Waals surface area contributed by atoms with Crippen molar-refractivity contribution in [3.8, 4) is 5.75 Å². The van der Waals surface area contributed by atoms with Gasteiger partial charge in [-0.25, -0.2) is 4.99 Å². The Morgan fingerprint density at radius 1 is 1.15 bits per heavy atom. The van der Waals surface area contributed by atoms with Crippen LogP contribution >= 0.6 is 24.0 Å². The summed E-state index contributed by atoms with van der Waals surface area (Å²) in [6.07, 6.45) is 0. The van der Waals surface area contributed by atoms with Crippen molar-refractivity contribution in [2.75, 3.05) is 20.2 Å². The van der Waals surface area contributed by atoms with Crippen LogP contribution in [0.5, 0.6) is 5.75 Å². The van der Waals surface area contributed by atoms with E-state index in [1.165, 1.54) is 0 Å². The van der Waals surface area contributed by atoms with Crippen molar-refractivity contribution in [2.45, 2.75) is 32.9 Å². The lowest BCUT2D eigenvalue weighted by molar-refractivity contribution is 0.0617. The number of methoxy groups -OCH3 is 1. The molecule has 0 spiro atoms. The molecule has 3 N–H and O–H groups in total. The molecule has 1 atom stereocenters. The van der Waals surface area contributed by atoms with E-state index in [0.29, 0.717) is 19.0 Å². The van der Waals surface area contributed by atoms with Crippen LogP contribution in [0.25, 0.3) is 0 Å². The minimum atomic E-state index is -0.982. The largest absolute Gasteiger partial charge is 0.496 e. The van der Waals surface area contributed by atoms with Gasteiger partial charge in [0.25, 0.3) is 0 Å². The average Bonchev–Trinajstić information content (AvgIpc) is 2.66. The van der Waals surface area contributed by atoms with Crippen LogP contribution in [0, 0.1) is 6.92 Å². The van der Waals surface area contributed by atoms with Gasteiger partial charge >= 0.3 is 0 Å². The summed E-state index contributed by atoms with van der Waals surface area (Å²) in [7, 11) is 1.67. The molecule has 2 aromatic carbocycles. The van der Waals surface area contributed by atoms with Gasteiger partial charge < -0.3 is 20.5 Å². The number of nitrogens with zero attached hydrogens (tertiary/aromatic N) is 1. The fourth-order valence-electron chi connectivity index (χ4n) is 2.63. The molecule has 0 radical (unpaired) electrons. The number of halogens is 1. The van der Waals surface area contributed by atoms with Crippen LogP contribution in [0.15, 0.2) is 53.5 Å². The third-order valence-electron chi connectivity index (χ3n) is 4.23. The Morgan fingerprint density at radius 3 is 2.48 bits per heavy atom. The lowest BCUT2D eigenvalue weighted by Crippen LogP contribution is -2.44. The maximum Gasteiger partial charge on any atom is 0.191 e. The van der Waals surface area contributed by atoms with Gasteiger partial charge in [-0.3, -0.25) is 0 Å². The zero-order valence-corrected chi connectivity index (χ0v) is 18.8. The van der Waals surface area contributed by atoms with E-state index in [-0.39, 0.29) is 24.0 Å². The van der Waals surface area contributed by atoms with Crippen LogP contribution in [-0.4, -0.2) is 31.3 Å². The fourth-order valence-corrected chi connectivity index (χ4v) is 2.63. The molecule has 2 aromatic rings. The van der Waals surface area contributed by atoms with Gasteiger partial charge in [0, 0.05) is 6.54 Å². The molecule has 5 nitrogen and oxygen atoms in total. The van der Waals surface area contributed by atoms with E-state index >= 15 is 0 Å². The Bertz CT molecular complexity index is 733. The van der Waals surface area contributed by atoms with Crippen molar-refractivity contribution >= 4 is 29.9 Å². The molecule has 0 aliphatic heterocycles. The molecule has 6 heteroatoms. The molecule has 1 unspecified atom stereocenters. The second kappa shape index (κ2) is 11.1. The topological polar surface area (TPSA) is 65.9 Å². The van der Waals surface area contributed by atoms with Crippen LogP contribution in [0.2, 0.25) is 0 Å². The van der Waals surface area contributed by atoms with Crippen molar-refractivity contribution < 1.29 is 9.84 Å². The van der Waals surface area contributed by atoms with Gasteiger partial charge in [-0.15, -0.1) is 24.0 Å². The van der Waals surface area contributed by atoms with Crippen molar-refractivity contribution in [3.05, 3.63) is 65.2 Å². The number of aliphatic imine (C=N–C) groups is 1. The second-order valence-electron chi connectivity index (χ2n) is 6.49. The van der Waals surface area contributed by atoms with Crippen LogP contribution in [0.1, 0.15) is 30.5 Å². The standard InChI is InChI=1S/C21H29N3O2.HI/c1-5-22-20(23-14-17-12-11-16(2)19(13-17)26-4)24-15-21(3,25)18-9-7-6-8-10-18;/h6-13,25H,5,14-15H2,1-4H3,(H2,22,23,24);1H. The van der Waals surface area contributed by atoms with Crippen LogP contribution < -0.4 is 15.4 Å². The molecule has 148 valence electrons. The number of aryl methyl sites for hydroxylation is 1. The fraction of sp³-hybridized carbons (Fsp3) is 0.381. The highest BCUT2D eigenvalue weighted by atomic mass is 127. The summed E-state index contributed by atoms with van der Waals surface area (Å²) in [5, 5.41) is 17.2. The lowest BCUT2D eigenvalue weighted by atomic mass is 9.96. The molecule has 0 saturated carbocycles. The molecular weight excluding hydrogens is 453 g/mol. The summed E-state index contributed by atoms with van der Waals surface area (Å²) in [6.45, 7) is 7.46. The van der Waals surface area contributed by atoms with E-state index in [1.807, 2.05) is 62.4 Å². The minimum absolute atomic E-state index is 0. The quantitative estimate of drug-likeness (QED) is 0.320. The number of rotatable bonds is 7. The van der Waals surface area contributed by atoms with Crippen molar-refractivity contribution in [1.29, 1.82) is 0 Å². The molecule has 0 saturated heterocycles. The Kier molecular flexibility index (Phi) is 9.59. The summed E-state index contributed by atoms with van der Waals surface area (Å²) in [5.74, 6) is 1.53. The zero-order valence-electron chi connectivity index (χ0n) is 16.5. The number of nitrogens with one attached hydrogen (secondary N) is 2. The van der Waals surface area contributed by atoms with Gasteiger partial charge in [0.2, 0.25) is 0 Å². The number of hydrogen-bond acceptors (Lipinski definition) is 3. The molecular formula is C21H30IN3O2. The maximum absolute atomic E-state index is 10.7. The zero-order chi connectivity index (χ0) is 19.0. The number of benzene rings is 2. The van der Waals surface area contributed by atoms with Crippen molar-refractivity contribution in [2.24, 2.45) is 4.99 Å². The highest BCUT2D eigenvalue weighted by molar-refractivity contribution is 14.0. The monoisotopic (exact) mass is 483 g/mol. The number of hydrogen-bond donors (Lipinski definition) is 3. The smallest absolute Gasteiger partial charge is 0.191 e. The van der Waals surface area contributed by atoms with Gasteiger partial charge in [-0.2, -0.15) is 0 Å². The first-order valence-electron chi connectivity index (χ1n) is 8.90. The number of guanidine groups is 1. The Balaban J connectivity index is 0.00000364. The molecule has 0 heterocycles. The summed E-state index contributed by atoms with van der Waals surface area (Å²) in [5.41, 5.74) is 2.06. The van der Waals surface area contributed by atoms with Crippen molar-refractivity contribution in [1.82, 2.24) is 10.6 Å². The van der Waals surface area contributed by atoms with Gasteiger partial charge in [-0.1, -0.05) is 42.5 Å². The van der Waals surface area contributed by atoms with Gasteiger partial charge in [0.15, 0.2) is 5.96 Å². The number of aliphatic hydroxyl groups is 1. The number of ether oxygens (including phenoxy) is 1. The predicted octanol–water partition coefficient (Wildman–Crippen LogP) is 3.58. The molecule has 0 fully saturated rings. The summed E-state index contributed by atoms with van der Waals surface area (Å²) >= 11 is 0. The Hall–Kier alpha value is -1.80. The van der Waals surface area contributed by atoms with Crippen LogP contribution in [0.3, 0.4) is 0 Å². The summed E-state index contributed by atoms with van der Waals surface area (Å²) < 4.78 is 5.37. The first kappa shape index (κ1) is 23.2. The van der Waals surface area contributed by atoms with Gasteiger partial charge in [-0.05, 0) is 43.5 Å². The van der Waals surface area contributed by atoms with E-state index in [9.17, 15) is 5.11 Å². The maximum atomic E-state index is 10.7. The minimum Gasteiger partial charge on any atom is -0.496 e. The normalized spacial score (nSPS) is 13.3. The van der Waals surface area contributed by atoms with Crippen LogP contribution in [0.4, 0.5) is 0 Å². The molecule has 0 aliphatic carbocycles. The van der Waals surface area contributed by atoms with E-state index in [0.717, 1.165) is 29.0 Å².